The molecule has 18 heavy (non-hydrogen) atoms. The summed E-state index contributed by atoms with van der Waals surface area (Å²) in [5.74, 6) is 0. The van der Waals surface area contributed by atoms with Crippen LogP contribution >= 0.6 is 11.8 Å². The van der Waals surface area contributed by atoms with E-state index in [-0.39, 0.29) is 11.3 Å². The second-order valence-corrected chi connectivity index (χ2v) is 6.52. The summed E-state index contributed by atoms with van der Waals surface area (Å²) in [6.45, 7) is 10.0. The molecule has 0 saturated carbocycles. The van der Waals surface area contributed by atoms with Crippen LogP contribution in [0.1, 0.15) is 39.8 Å². The standard InChI is InChI=1S/C13H21N3OS/c1-9(2)16-13(5,8-14)6-11(4)18-12-15-10(3)7-17-12/h7,9,11,16H,6H2,1-5H3. The van der Waals surface area contributed by atoms with Gasteiger partial charge in [0.15, 0.2) is 0 Å². The molecular weight excluding hydrogens is 246 g/mol. The van der Waals surface area contributed by atoms with Crippen LogP contribution < -0.4 is 5.32 Å². The first-order valence-corrected chi connectivity index (χ1v) is 7.00. The third-order valence-electron chi connectivity index (χ3n) is 2.45. The molecule has 0 aromatic carbocycles. The molecule has 5 heteroatoms. The summed E-state index contributed by atoms with van der Waals surface area (Å²) >= 11 is 1.56. The molecule has 1 N–H and O–H groups in total. The number of oxazole rings is 1. The van der Waals surface area contributed by atoms with Crippen LogP contribution in [0.15, 0.2) is 15.9 Å². The highest BCUT2D eigenvalue weighted by Crippen LogP contribution is 2.28. The van der Waals surface area contributed by atoms with Crippen molar-refractivity contribution in [2.24, 2.45) is 0 Å². The van der Waals surface area contributed by atoms with Crippen LogP contribution in [-0.2, 0) is 0 Å². The minimum atomic E-state index is -0.512. The lowest BCUT2D eigenvalue weighted by atomic mass is 9.97. The highest BCUT2D eigenvalue weighted by atomic mass is 32.2. The van der Waals surface area contributed by atoms with Crippen LogP contribution in [0.3, 0.4) is 0 Å². The van der Waals surface area contributed by atoms with Crippen LogP contribution in [0.5, 0.6) is 0 Å². The summed E-state index contributed by atoms with van der Waals surface area (Å²) in [6, 6.07) is 2.64. The summed E-state index contributed by atoms with van der Waals surface area (Å²) < 4.78 is 5.31. The molecule has 0 amide bonds. The van der Waals surface area contributed by atoms with Crippen LogP contribution in [0, 0.1) is 18.3 Å². The first-order valence-electron chi connectivity index (χ1n) is 6.12. The maximum atomic E-state index is 9.29. The fourth-order valence-electron chi connectivity index (χ4n) is 1.95. The number of hydrogen-bond acceptors (Lipinski definition) is 5. The van der Waals surface area contributed by atoms with Gasteiger partial charge in [0.25, 0.3) is 5.22 Å². The summed E-state index contributed by atoms with van der Waals surface area (Å²) in [6.07, 6.45) is 2.39. The molecule has 100 valence electrons. The number of rotatable bonds is 6. The van der Waals surface area contributed by atoms with E-state index in [1.807, 2.05) is 27.7 Å². The smallest absolute Gasteiger partial charge is 0.256 e. The zero-order valence-electron chi connectivity index (χ0n) is 11.7. The molecule has 1 rings (SSSR count). The van der Waals surface area contributed by atoms with Gasteiger partial charge in [-0.15, -0.1) is 0 Å². The number of nitrogens with one attached hydrogen (secondary N) is 1. The number of nitriles is 1. The highest BCUT2D eigenvalue weighted by Gasteiger charge is 2.27. The summed E-state index contributed by atoms with van der Waals surface area (Å²) in [7, 11) is 0. The Morgan fingerprint density at radius 2 is 2.22 bits per heavy atom. The molecule has 0 aliphatic heterocycles. The Morgan fingerprint density at radius 1 is 1.56 bits per heavy atom. The van der Waals surface area contributed by atoms with Gasteiger partial charge in [0, 0.05) is 11.3 Å². The largest absolute Gasteiger partial charge is 0.440 e. The van der Waals surface area contributed by atoms with E-state index in [0.717, 1.165) is 12.1 Å². The van der Waals surface area contributed by atoms with E-state index in [4.69, 9.17) is 4.42 Å². The van der Waals surface area contributed by atoms with E-state index in [9.17, 15) is 5.26 Å². The van der Waals surface area contributed by atoms with Gasteiger partial charge in [-0.2, -0.15) is 5.26 Å². The zero-order valence-corrected chi connectivity index (χ0v) is 12.5. The molecule has 4 nitrogen and oxygen atoms in total. The lowest BCUT2D eigenvalue weighted by molar-refractivity contribution is 0.381. The monoisotopic (exact) mass is 267 g/mol. The Bertz CT molecular complexity index is 424. The number of aromatic nitrogens is 1. The molecule has 0 radical (unpaired) electrons. The quantitative estimate of drug-likeness (QED) is 0.802. The Kier molecular flexibility index (Phi) is 5.24. The van der Waals surface area contributed by atoms with Crippen molar-refractivity contribution in [1.82, 2.24) is 10.3 Å². The lowest BCUT2D eigenvalue weighted by Crippen LogP contribution is -2.46. The zero-order chi connectivity index (χ0) is 13.8. The third kappa shape index (κ3) is 4.71. The van der Waals surface area contributed by atoms with E-state index in [0.29, 0.717) is 5.22 Å². The van der Waals surface area contributed by atoms with Crippen LogP contribution in [0.2, 0.25) is 0 Å². The van der Waals surface area contributed by atoms with Crippen molar-refractivity contribution in [3.63, 3.8) is 0 Å². The molecule has 0 saturated heterocycles. The van der Waals surface area contributed by atoms with Crippen LogP contribution in [0.25, 0.3) is 0 Å². The average molecular weight is 267 g/mol. The van der Waals surface area contributed by atoms with Gasteiger partial charge in [-0.05, 0) is 34.1 Å². The maximum Gasteiger partial charge on any atom is 0.256 e. The fourth-order valence-corrected chi connectivity index (χ4v) is 3.01. The number of nitrogens with zero attached hydrogens (tertiary/aromatic N) is 2. The molecule has 0 aliphatic carbocycles. The molecule has 1 aromatic rings. The number of thioether (sulfide) groups is 1. The van der Waals surface area contributed by atoms with Gasteiger partial charge >= 0.3 is 0 Å². The van der Waals surface area contributed by atoms with Crippen LogP contribution in [0.4, 0.5) is 0 Å². The van der Waals surface area contributed by atoms with E-state index in [2.05, 4.69) is 23.3 Å². The molecule has 0 spiro atoms. The van der Waals surface area contributed by atoms with Gasteiger partial charge in [-0.25, -0.2) is 4.98 Å². The van der Waals surface area contributed by atoms with E-state index in [1.54, 1.807) is 18.0 Å². The van der Waals surface area contributed by atoms with Gasteiger partial charge in [-0.1, -0.05) is 18.7 Å². The normalized spacial score (nSPS) is 16.3. The Hall–Kier alpha value is -0.990. The maximum absolute atomic E-state index is 9.29. The van der Waals surface area contributed by atoms with Gasteiger partial charge in [0.05, 0.1) is 11.8 Å². The third-order valence-corrected chi connectivity index (χ3v) is 3.41. The molecule has 0 fully saturated rings. The summed E-state index contributed by atoms with van der Waals surface area (Å²) in [5, 5.41) is 13.5. The van der Waals surface area contributed by atoms with Gasteiger partial charge in [-0.3, -0.25) is 5.32 Å². The van der Waals surface area contributed by atoms with E-state index in [1.165, 1.54) is 0 Å². The lowest BCUT2D eigenvalue weighted by Gasteiger charge is -2.28. The molecule has 0 bridgehead atoms. The van der Waals surface area contributed by atoms with E-state index < -0.39 is 5.54 Å². The Balaban J connectivity index is 2.57. The molecular formula is C13H21N3OS. The molecule has 2 atom stereocenters. The second-order valence-electron chi connectivity index (χ2n) is 5.13. The topological polar surface area (TPSA) is 61.9 Å². The first-order chi connectivity index (χ1) is 8.34. The minimum Gasteiger partial charge on any atom is -0.440 e. The van der Waals surface area contributed by atoms with Crippen molar-refractivity contribution in [3.05, 3.63) is 12.0 Å². The molecule has 1 heterocycles. The highest BCUT2D eigenvalue weighted by molar-refractivity contribution is 7.99. The Labute approximate surface area is 113 Å². The molecule has 0 aliphatic rings. The van der Waals surface area contributed by atoms with Crippen molar-refractivity contribution >= 4 is 11.8 Å². The van der Waals surface area contributed by atoms with Crippen molar-refractivity contribution < 1.29 is 4.42 Å². The first kappa shape index (κ1) is 15.1. The average Bonchev–Trinajstić information content (AvgIpc) is 2.62. The van der Waals surface area contributed by atoms with Crippen molar-refractivity contribution in [3.8, 4) is 6.07 Å². The molecule has 1 aromatic heterocycles. The van der Waals surface area contributed by atoms with Crippen molar-refractivity contribution in [2.45, 2.75) is 63.1 Å². The van der Waals surface area contributed by atoms with Gasteiger partial charge in [0.2, 0.25) is 0 Å². The second kappa shape index (κ2) is 6.26. The van der Waals surface area contributed by atoms with Crippen molar-refractivity contribution in [2.75, 3.05) is 0 Å². The predicted molar refractivity (Wildman–Crippen MR) is 73.5 cm³/mol. The minimum absolute atomic E-state index is 0.263. The number of aryl methyl sites for hydroxylation is 1. The summed E-state index contributed by atoms with van der Waals surface area (Å²) in [4.78, 5) is 4.26. The SMILES string of the molecule is Cc1coc(SC(C)CC(C)(C#N)NC(C)C)n1. The van der Waals surface area contributed by atoms with Gasteiger partial charge in [0.1, 0.15) is 11.8 Å². The summed E-state index contributed by atoms with van der Waals surface area (Å²) in [5.41, 5.74) is 0.371. The molecule has 2 unspecified atom stereocenters. The number of hydrogen-bond donors (Lipinski definition) is 1. The Morgan fingerprint density at radius 3 is 2.67 bits per heavy atom. The van der Waals surface area contributed by atoms with Crippen LogP contribution in [-0.4, -0.2) is 21.8 Å². The predicted octanol–water partition coefficient (Wildman–Crippen LogP) is 3.13. The van der Waals surface area contributed by atoms with E-state index >= 15 is 0 Å². The fraction of sp³-hybridized carbons (Fsp3) is 0.692. The van der Waals surface area contributed by atoms with Crippen molar-refractivity contribution in [1.29, 1.82) is 5.26 Å². The van der Waals surface area contributed by atoms with Gasteiger partial charge < -0.3 is 4.42 Å².